The molecule has 0 atom stereocenters. The lowest BCUT2D eigenvalue weighted by Gasteiger charge is -2.11. The molecule has 0 spiro atoms. The highest BCUT2D eigenvalue weighted by Crippen LogP contribution is 2.30. The number of carbonyl (C=O) groups excluding carboxylic acids is 1. The number of nitrogens with two attached hydrogens (primary N) is 1. The zero-order valence-corrected chi connectivity index (χ0v) is 9.48. The molecule has 6 heteroatoms. The molecule has 1 aliphatic heterocycles. The van der Waals surface area contributed by atoms with Crippen molar-refractivity contribution in [3.8, 4) is 5.75 Å². The van der Waals surface area contributed by atoms with Gasteiger partial charge in [-0.15, -0.1) is 0 Å². The number of nitrogens with one attached hydrogen (secondary N) is 2. The second-order valence-electron chi connectivity index (χ2n) is 3.38. The molecule has 0 unspecified atom stereocenters. The van der Waals surface area contributed by atoms with Gasteiger partial charge in [-0.1, -0.05) is 0 Å². The summed E-state index contributed by atoms with van der Waals surface area (Å²) in [5, 5.41) is 5.65. The number of hydrogen-bond donors (Lipinski definition) is 3. The van der Waals surface area contributed by atoms with Crippen LogP contribution in [0.1, 0.15) is 15.9 Å². The maximum Gasteiger partial charge on any atom is 0.251 e. The van der Waals surface area contributed by atoms with Crippen molar-refractivity contribution in [3.05, 3.63) is 23.3 Å². The molecular formula is C10H11N3O2S. The number of amides is 1. The number of hydrogen-bond acceptors (Lipinski definition) is 3. The maximum atomic E-state index is 11.5. The minimum atomic E-state index is -0.0938. The van der Waals surface area contributed by atoms with Crippen molar-refractivity contribution < 1.29 is 9.53 Å². The van der Waals surface area contributed by atoms with E-state index in [9.17, 15) is 4.79 Å². The topological polar surface area (TPSA) is 76.4 Å². The largest absolute Gasteiger partial charge is 0.495 e. The fourth-order valence-corrected chi connectivity index (χ4v) is 1.76. The van der Waals surface area contributed by atoms with Crippen LogP contribution >= 0.6 is 12.2 Å². The first-order valence-corrected chi connectivity index (χ1v) is 5.08. The molecule has 5 nitrogen and oxygen atoms in total. The number of anilines is 1. The molecule has 1 aromatic carbocycles. The highest BCUT2D eigenvalue weighted by Gasteiger charge is 2.21. The summed E-state index contributed by atoms with van der Waals surface area (Å²) in [6.45, 7) is 0.526. The molecule has 0 radical (unpaired) electrons. The average Bonchev–Trinajstić information content (AvgIpc) is 2.58. The highest BCUT2D eigenvalue weighted by molar-refractivity contribution is 7.80. The molecule has 1 aliphatic rings. The van der Waals surface area contributed by atoms with E-state index in [1.165, 1.54) is 0 Å². The quantitative estimate of drug-likeness (QED) is 0.656. The molecule has 0 saturated carbocycles. The van der Waals surface area contributed by atoms with E-state index in [2.05, 4.69) is 10.6 Å². The molecule has 16 heavy (non-hydrogen) atoms. The smallest absolute Gasteiger partial charge is 0.251 e. The summed E-state index contributed by atoms with van der Waals surface area (Å²) in [7, 11) is 1.55. The zero-order valence-electron chi connectivity index (χ0n) is 8.66. The third-order valence-corrected chi connectivity index (χ3v) is 2.47. The van der Waals surface area contributed by atoms with Crippen LogP contribution in [0.3, 0.4) is 0 Å². The van der Waals surface area contributed by atoms with Gasteiger partial charge in [-0.05, 0) is 29.9 Å². The summed E-state index contributed by atoms with van der Waals surface area (Å²) >= 11 is 4.75. The fourth-order valence-electron chi connectivity index (χ4n) is 1.65. The molecule has 1 aromatic rings. The number of ether oxygens (including phenoxy) is 1. The standard InChI is InChI=1S/C10H11N3O2S/c1-15-8-2-5-4-12-9(14)6(5)3-7(8)13-10(11)16/h2-3H,4H2,1H3,(H,12,14)(H3,11,13,16). The number of fused-ring (bicyclic) bond motifs is 1. The van der Waals surface area contributed by atoms with E-state index in [0.717, 1.165) is 5.56 Å². The van der Waals surface area contributed by atoms with Crippen molar-refractivity contribution in [2.24, 2.45) is 5.73 Å². The number of benzene rings is 1. The van der Waals surface area contributed by atoms with Crippen molar-refractivity contribution in [1.29, 1.82) is 0 Å². The Hall–Kier alpha value is -1.82. The van der Waals surface area contributed by atoms with Gasteiger partial charge in [-0.3, -0.25) is 4.79 Å². The van der Waals surface area contributed by atoms with Gasteiger partial charge in [0.1, 0.15) is 5.75 Å². The number of carbonyl (C=O) groups is 1. The number of methoxy groups -OCH3 is 1. The van der Waals surface area contributed by atoms with E-state index in [1.807, 2.05) is 0 Å². The lowest BCUT2D eigenvalue weighted by Crippen LogP contribution is -2.19. The predicted molar refractivity (Wildman–Crippen MR) is 64.6 cm³/mol. The average molecular weight is 237 g/mol. The number of thiocarbonyl (C=S) groups is 1. The third kappa shape index (κ3) is 1.79. The summed E-state index contributed by atoms with van der Waals surface area (Å²) < 4.78 is 5.19. The van der Waals surface area contributed by atoms with Crippen molar-refractivity contribution in [2.75, 3.05) is 12.4 Å². The summed E-state index contributed by atoms with van der Waals surface area (Å²) in [5.41, 5.74) is 7.53. The molecule has 1 heterocycles. The van der Waals surface area contributed by atoms with E-state index in [1.54, 1.807) is 19.2 Å². The van der Waals surface area contributed by atoms with Gasteiger partial charge in [0, 0.05) is 12.1 Å². The Morgan fingerprint density at radius 2 is 2.38 bits per heavy atom. The second-order valence-corrected chi connectivity index (χ2v) is 3.82. The Morgan fingerprint density at radius 3 is 3.00 bits per heavy atom. The lowest BCUT2D eigenvalue weighted by atomic mass is 10.1. The van der Waals surface area contributed by atoms with Gasteiger partial charge in [0.25, 0.3) is 5.91 Å². The molecule has 0 bridgehead atoms. The summed E-state index contributed by atoms with van der Waals surface area (Å²) in [6.07, 6.45) is 0. The first-order valence-electron chi connectivity index (χ1n) is 4.67. The second kappa shape index (κ2) is 3.97. The van der Waals surface area contributed by atoms with Crippen molar-refractivity contribution >= 4 is 28.9 Å². The Morgan fingerprint density at radius 1 is 1.62 bits per heavy atom. The van der Waals surface area contributed by atoms with Crippen LogP contribution < -0.4 is 21.1 Å². The van der Waals surface area contributed by atoms with E-state index in [4.69, 9.17) is 22.7 Å². The molecule has 1 amide bonds. The van der Waals surface area contributed by atoms with Crippen LogP contribution in [0.5, 0.6) is 5.75 Å². The predicted octanol–water partition coefficient (Wildman–Crippen LogP) is 0.594. The van der Waals surface area contributed by atoms with E-state index >= 15 is 0 Å². The number of rotatable bonds is 2. The summed E-state index contributed by atoms with van der Waals surface area (Å²) in [5.74, 6) is 0.520. The maximum absolute atomic E-state index is 11.5. The third-order valence-electron chi connectivity index (χ3n) is 2.37. The van der Waals surface area contributed by atoms with Crippen molar-refractivity contribution in [2.45, 2.75) is 6.54 Å². The van der Waals surface area contributed by atoms with Crippen molar-refractivity contribution in [3.63, 3.8) is 0 Å². The first kappa shape index (κ1) is 10.7. The SMILES string of the molecule is COc1cc2c(cc1NC(N)=S)C(=O)NC2. The van der Waals surface area contributed by atoms with Gasteiger partial charge < -0.3 is 21.1 Å². The van der Waals surface area contributed by atoms with Crippen LogP contribution in [0.4, 0.5) is 5.69 Å². The monoisotopic (exact) mass is 237 g/mol. The van der Waals surface area contributed by atoms with Crippen LogP contribution in [0.2, 0.25) is 0 Å². The molecule has 2 rings (SSSR count). The Kier molecular flexibility index (Phi) is 2.66. The van der Waals surface area contributed by atoms with Crippen LogP contribution in [-0.4, -0.2) is 18.1 Å². The minimum Gasteiger partial charge on any atom is -0.495 e. The first-order chi connectivity index (χ1) is 7.61. The van der Waals surface area contributed by atoms with Gasteiger partial charge in [-0.2, -0.15) is 0 Å². The van der Waals surface area contributed by atoms with Gasteiger partial charge >= 0.3 is 0 Å². The Bertz CT molecular complexity index is 473. The highest BCUT2D eigenvalue weighted by atomic mass is 32.1. The molecule has 84 valence electrons. The van der Waals surface area contributed by atoms with Gasteiger partial charge in [0.15, 0.2) is 5.11 Å². The summed E-state index contributed by atoms with van der Waals surface area (Å²) in [6, 6.07) is 3.49. The zero-order chi connectivity index (χ0) is 11.7. The van der Waals surface area contributed by atoms with Crippen LogP contribution in [0.15, 0.2) is 12.1 Å². The summed E-state index contributed by atoms with van der Waals surface area (Å²) in [4.78, 5) is 11.5. The van der Waals surface area contributed by atoms with E-state index in [-0.39, 0.29) is 11.0 Å². The molecular weight excluding hydrogens is 226 g/mol. The molecule has 0 saturated heterocycles. The fraction of sp³-hybridized carbons (Fsp3) is 0.200. The van der Waals surface area contributed by atoms with Gasteiger partial charge in [-0.25, -0.2) is 0 Å². The Balaban J connectivity index is 2.47. The van der Waals surface area contributed by atoms with Crippen LogP contribution in [0, 0.1) is 0 Å². The molecule has 0 aromatic heterocycles. The lowest BCUT2D eigenvalue weighted by molar-refractivity contribution is 0.0966. The Labute approximate surface area is 98.0 Å². The normalized spacial score (nSPS) is 12.9. The van der Waals surface area contributed by atoms with Gasteiger partial charge in [0.05, 0.1) is 12.8 Å². The van der Waals surface area contributed by atoms with E-state index < -0.39 is 0 Å². The van der Waals surface area contributed by atoms with Crippen LogP contribution in [0.25, 0.3) is 0 Å². The van der Waals surface area contributed by atoms with Crippen molar-refractivity contribution in [1.82, 2.24) is 5.32 Å². The van der Waals surface area contributed by atoms with Gasteiger partial charge in [0.2, 0.25) is 0 Å². The molecule has 0 aliphatic carbocycles. The molecule has 4 N–H and O–H groups in total. The van der Waals surface area contributed by atoms with Crippen LogP contribution in [-0.2, 0) is 6.54 Å². The van der Waals surface area contributed by atoms with E-state index in [0.29, 0.717) is 23.5 Å². The molecule has 0 fully saturated rings. The minimum absolute atomic E-state index is 0.0938.